The summed E-state index contributed by atoms with van der Waals surface area (Å²) in [6, 6.07) is 21.5. The van der Waals surface area contributed by atoms with Crippen LogP contribution in [-0.4, -0.2) is 26.0 Å². The molecule has 0 bridgehead atoms. The van der Waals surface area contributed by atoms with E-state index in [2.05, 4.69) is 0 Å². The van der Waals surface area contributed by atoms with Crippen molar-refractivity contribution < 1.29 is 19.2 Å². The second kappa shape index (κ2) is 9.76. The topological polar surface area (TPSA) is 89.8 Å². The van der Waals surface area contributed by atoms with Crippen molar-refractivity contribution in [1.82, 2.24) is 4.90 Å². The second-order valence-electron chi connectivity index (χ2n) is 7.02. The van der Waals surface area contributed by atoms with E-state index in [1.807, 2.05) is 30.3 Å². The Morgan fingerprint density at radius 2 is 1.70 bits per heavy atom. The molecule has 0 atom stereocenters. The molecule has 0 spiro atoms. The lowest BCUT2D eigenvalue weighted by Crippen LogP contribution is -2.27. The molecule has 1 fully saturated rings. The van der Waals surface area contributed by atoms with Gasteiger partial charge in [0.05, 0.1) is 21.9 Å². The molecule has 1 aliphatic heterocycles. The van der Waals surface area contributed by atoms with Crippen molar-refractivity contribution in [3.05, 3.63) is 111 Å². The van der Waals surface area contributed by atoms with Crippen molar-refractivity contribution in [2.45, 2.75) is 6.54 Å². The highest BCUT2D eigenvalue weighted by Gasteiger charge is 2.31. The fourth-order valence-electron chi connectivity index (χ4n) is 3.07. The Labute approximate surface area is 198 Å². The van der Waals surface area contributed by atoms with Crippen LogP contribution >= 0.6 is 24.0 Å². The van der Waals surface area contributed by atoms with Crippen LogP contribution in [-0.2, 0) is 11.3 Å². The zero-order chi connectivity index (χ0) is 23.4. The van der Waals surface area contributed by atoms with E-state index < -0.39 is 10.9 Å². The van der Waals surface area contributed by atoms with Crippen molar-refractivity contribution in [2.24, 2.45) is 0 Å². The zero-order valence-corrected chi connectivity index (χ0v) is 18.7. The highest BCUT2D eigenvalue weighted by Crippen LogP contribution is 2.33. The SMILES string of the molecule is O=C(Oc1ccc(C=C2SC(=S)N(Cc3ccccc3)C2=O)cc1)c1ccc([N+](=O)[O-])cc1. The summed E-state index contributed by atoms with van der Waals surface area (Å²) in [6.45, 7) is 0.417. The van der Waals surface area contributed by atoms with Gasteiger partial charge in [-0.1, -0.05) is 66.4 Å². The molecule has 1 heterocycles. The van der Waals surface area contributed by atoms with Gasteiger partial charge < -0.3 is 4.74 Å². The predicted octanol–water partition coefficient (Wildman–Crippen LogP) is 5.22. The van der Waals surface area contributed by atoms with E-state index in [9.17, 15) is 19.7 Å². The van der Waals surface area contributed by atoms with E-state index in [0.29, 0.717) is 21.5 Å². The van der Waals surface area contributed by atoms with Gasteiger partial charge in [0.1, 0.15) is 10.1 Å². The number of hydrogen-bond donors (Lipinski definition) is 0. The Balaban J connectivity index is 1.41. The van der Waals surface area contributed by atoms with Gasteiger partial charge >= 0.3 is 5.97 Å². The minimum Gasteiger partial charge on any atom is -0.423 e. The number of nitro groups is 1. The Kier molecular flexibility index (Phi) is 6.62. The van der Waals surface area contributed by atoms with Crippen LogP contribution in [0.1, 0.15) is 21.5 Å². The molecule has 0 N–H and O–H groups in total. The number of nitro benzene ring substituents is 1. The molecule has 1 saturated heterocycles. The van der Waals surface area contributed by atoms with E-state index in [1.54, 1.807) is 35.2 Å². The Morgan fingerprint density at radius 1 is 1.03 bits per heavy atom. The maximum Gasteiger partial charge on any atom is 0.343 e. The third-order valence-corrected chi connectivity index (χ3v) is 6.14. The van der Waals surface area contributed by atoms with Gasteiger partial charge in [0.25, 0.3) is 11.6 Å². The average molecular weight is 477 g/mol. The standard InChI is InChI=1S/C24H16N2O5S2/c27-22-21(33-24(32)25(22)15-17-4-2-1-3-5-17)14-16-6-12-20(13-7-16)31-23(28)18-8-10-19(11-9-18)26(29)30/h1-14H,15H2. The normalized spacial score (nSPS) is 14.5. The number of thioether (sulfide) groups is 1. The number of rotatable bonds is 6. The first-order valence-electron chi connectivity index (χ1n) is 9.77. The molecule has 0 saturated carbocycles. The van der Waals surface area contributed by atoms with Crippen LogP contribution in [0.15, 0.2) is 83.8 Å². The van der Waals surface area contributed by atoms with E-state index in [0.717, 1.165) is 11.1 Å². The van der Waals surface area contributed by atoms with Crippen molar-refractivity contribution in [3.8, 4) is 5.75 Å². The van der Waals surface area contributed by atoms with Crippen LogP contribution in [0, 0.1) is 10.1 Å². The first-order chi connectivity index (χ1) is 15.9. The van der Waals surface area contributed by atoms with Gasteiger partial charge in [-0.3, -0.25) is 19.8 Å². The maximum absolute atomic E-state index is 12.8. The molecule has 164 valence electrons. The molecule has 7 nitrogen and oxygen atoms in total. The summed E-state index contributed by atoms with van der Waals surface area (Å²) in [5.41, 5.74) is 1.84. The summed E-state index contributed by atoms with van der Waals surface area (Å²) in [6.07, 6.45) is 1.74. The molecule has 0 aromatic heterocycles. The Morgan fingerprint density at radius 3 is 2.33 bits per heavy atom. The number of thiocarbonyl (C=S) groups is 1. The minimum absolute atomic E-state index is 0.106. The molecule has 3 aromatic carbocycles. The van der Waals surface area contributed by atoms with Gasteiger partial charge in [-0.05, 0) is 41.5 Å². The summed E-state index contributed by atoms with van der Waals surface area (Å²) >= 11 is 6.63. The third-order valence-electron chi connectivity index (χ3n) is 4.76. The number of hydrogen-bond acceptors (Lipinski definition) is 7. The Bertz CT molecular complexity index is 1260. The zero-order valence-electron chi connectivity index (χ0n) is 17.0. The van der Waals surface area contributed by atoms with E-state index >= 15 is 0 Å². The molecule has 4 rings (SSSR count). The average Bonchev–Trinajstić information content (AvgIpc) is 3.08. The number of ether oxygens (including phenoxy) is 1. The van der Waals surface area contributed by atoms with Crippen LogP contribution in [0.25, 0.3) is 6.08 Å². The number of non-ortho nitro benzene ring substituents is 1. The number of nitrogens with zero attached hydrogens (tertiary/aromatic N) is 2. The first-order valence-corrected chi connectivity index (χ1v) is 11.0. The summed E-state index contributed by atoms with van der Waals surface area (Å²) < 4.78 is 5.82. The van der Waals surface area contributed by atoms with Gasteiger partial charge in [-0.25, -0.2) is 4.79 Å². The summed E-state index contributed by atoms with van der Waals surface area (Å²) in [5, 5.41) is 10.7. The van der Waals surface area contributed by atoms with E-state index in [4.69, 9.17) is 17.0 Å². The molecule has 33 heavy (non-hydrogen) atoms. The summed E-state index contributed by atoms with van der Waals surface area (Å²) in [7, 11) is 0. The van der Waals surface area contributed by atoms with Crippen LogP contribution in [0.5, 0.6) is 5.75 Å². The van der Waals surface area contributed by atoms with E-state index in [1.165, 1.54) is 36.0 Å². The lowest BCUT2D eigenvalue weighted by Gasteiger charge is -2.14. The fraction of sp³-hybridized carbons (Fsp3) is 0.0417. The third kappa shape index (κ3) is 5.33. The van der Waals surface area contributed by atoms with Crippen LogP contribution in [0.4, 0.5) is 5.69 Å². The van der Waals surface area contributed by atoms with E-state index in [-0.39, 0.29) is 17.2 Å². The summed E-state index contributed by atoms with van der Waals surface area (Å²) in [4.78, 5) is 37.3. The molecule has 9 heteroatoms. The number of amides is 1. The molecular weight excluding hydrogens is 460 g/mol. The molecule has 0 unspecified atom stereocenters. The number of carbonyl (C=O) groups is 2. The number of benzene rings is 3. The molecule has 1 amide bonds. The highest BCUT2D eigenvalue weighted by atomic mass is 32.2. The number of esters is 1. The predicted molar refractivity (Wildman–Crippen MR) is 130 cm³/mol. The van der Waals surface area contributed by atoms with Gasteiger partial charge in [0.2, 0.25) is 0 Å². The van der Waals surface area contributed by atoms with Gasteiger partial charge in [-0.15, -0.1) is 0 Å². The van der Waals surface area contributed by atoms with Crippen LogP contribution < -0.4 is 4.74 Å². The van der Waals surface area contributed by atoms with Crippen molar-refractivity contribution in [1.29, 1.82) is 0 Å². The maximum atomic E-state index is 12.8. The molecule has 1 aliphatic rings. The van der Waals surface area contributed by atoms with Gasteiger partial charge in [0, 0.05) is 12.1 Å². The minimum atomic E-state index is -0.626. The fourth-order valence-corrected chi connectivity index (χ4v) is 4.33. The monoisotopic (exact) mass is 476 g/mol. The lowest BCUT2D eigenvalue weighted by molar-refractivity contribution is -0.384. The van der Waals surface area contributed by atoms with Crippen molar-refractivity contribution in [3.63, 3.8) is 0 Å². The highest BCUT2D eigenvalue weighted by molar-refractivity contribution is 8.26. The first kappa shape index (κ1) is 22.4. The molecule has 0 radical (unpaired) electrons. The Hall–Kier alpha value is -3.82. The van der Waals surface area contributed by atoms with Crippen LogP contribution in [0.2, 0.25) is 0 Å². The number of carbonyl (C=O) groups excluding carboxylic acids is 2. The second-order valence-corrected chi connectivity index (χ2v) is 8.69. The van der Waals surface area contributed by atoms with Gasteiger partial charge in [0.15, 0.2) is 0 Å². The van der Waals surface area contributed by atoms with Crippen molar-refractivity contribution in [2.75, 3.05) is 0 Å². The van der Waals surface area contributed by atoms with Crippen LogP contribution in [0.3, 0.4) is 0 Å². The quantitative estimate of drug-likeness (QED) is 0.120. The van der Waals surface area contributed by atoms with Gasteiger partial charge in [-0.2, -0.15) is 0 Å². The smallest absolute Gasteiger partial charge is 0.343 e. The lowest BCUT2D eigenvalue weighted by atomic mass is 10.2. The molecule has 3 aromatic rings. The largest absolute Gasteiger partial charge is 0.423 e. The summed E-state index contributed by atoms with van der Waals surface area (Å²) in [5.74, 6) is -0.464. The molecular formula is C24H16N2O5S2. The van der Waals surface area contributed by atoms with Crippen molar-refractivity contribution >= 4 is 51.9 Å². The molecule has 0 aliphatic carbocycles.